The number of nitrogens with one attached hydrogen (secondary N) is 1. The van der Waals surface area contributed by atoms with Crippen molar-refractivity contribution in [1.29, 1.82) is 0 Å². The quantitative estimate of drug-likeness (QED) is 0.666. The van der Waals surface area contributed by atoms with E-state index >= 15 is 0 Å². The Hall–Kier alpha value is -2.14. The maximum atomic E-state index is 12.3. The molecule has 9 nitrogen and oxygen atoms in total. The van der Waals surface area contributed by atoms with E-state index in [0.717, 1.165) is 10.7 Å². The van der Waals surface area contributed by atoms with Crippen LogP contribution in [0.5, 0.6) is 0 Å². The molecule has 0 aliphatic heterocycles. The van der Waals surface area contributed by atoms with E-state index in [9.17, 15) is 13.2 Å². The van der Waals surface area contributed by atoms with Crippen molar-refractivity contribution in [2.75, 3.05) is 10.5 Å². The summed E-state index contributed by atoms with van der Waals surface area (Å²) in [4.78, 5) is 11.2. The predicted molar refractivity (Wildman–Crippen MR) is 77.3 cm³/mol. The molecule has 2 rings (SSSR count). The van der Waals surface area contributed by atoms with Gasteiger partial charge in [0.05, 0.1) is 11.3 Å². The maximum absolute atomic E-state index is 12.3. The SMILES string of the molecule is Cn1nnc(Br)c1S(=O)(=O)Nc1ccc(N)cc1C(=O)O. The number of anilines is 2. The van der Waals surface area contributed by atoms with Crippen LogP contribution in [0.1, 0.15) is 10.4 Å². The summed E-state index contributed by atoms with van der Waals surface area (Å²) in [6.45, 7) is 0. The lowest BCUT2D eigenvalue weighted by Crippen LogP contribution is -2.19. The smallest absolute Gasteiger partial charge is 0.337 e. The number of halogens is 1. The van der Waals surface area contributed by atoms with Crippen LogP contribution in [-0.4, -0.2) is 34.5 Å². The van der Waals surface area contributed by atoms with Crippen molar-refractivity contribution in [2.24, 2.45) is 7.05 Å². The molecule has 0 aliphatic carbocycles. The van der Waals surface area contributed by atoms with E-state index in [-0.39, 0.29) is 26.6 Å². The molecule has 112 valence electrons. The molecule has 0 radical (unpaired) electrons. The molecule has 0 saturated carbocycles. The second-order valence-corrected chi connectivity index (χ2v) is 6.37. The number of carboxylic acids is 1. The van der Waals surface area contributed by atoms with Crippen molar-refractivity contribution < 1.29 is 18.3 Å². The maximum Gasteiger partial charge on any atom is 0.337 e. The second kappa shape index (κ2) is 5.33. The molecular weight excluding hydrogens is 366 g/mol. The summed E-state index contributed by atoms with van der Waals surface area (Å²) < 4.78 is 27.8. The third kappa shape index (κ3) is 2.97. The number of nitrogens with zero attached hydrogens (tertiary/aromatic N) is 3. The van der Waals surface area contributed by atoms with Crippen LogP contribution in [0.3, 0.4) is 0 Å². The van der Waals surface area contributed by atoms with Crippen molar-refractivity contribution in [2.45, 2.75) is 5.03 Å². The standard InChI is InChI=1S/C10H10BrN5O4S/c1-16-9(8(11)13-15-16)21(19,20)14-7-3-2-5(12)4-6(7)10(17)18/h2-4,14H,12H2,1H3,(H,17,18). The minimum Gasteiger partial charge on any atom is -0.478 e. The molecule has 0 bridgehead atoms. The molecule has 1 aromatic heterocycles. The van der Waals surface area contributed by atoms with Gasteiger partial charge in [0.2, 0.25) is 5.03 Å². The molecule has 0 fully saturated rings. The number of hydrogen-bond acceptors (Lipinski definition) is 6. The van der Waals surface area contributed by atoms with Crippen molar-refractivity contribution in [3.63, 3.8) is 0 Å². The van der Waals surface area contributed by atoms with E-state index in [0.29, 0.717) is 0 Å². The van der Waals surface area contributed by atoms with Gasteiger partial charge in [0, 0.05) is 12.7 Å². The van der Waals surface area contributed by atoms with Crippen LogP contribution in [0.25, 0.3) is 0 Å². The van der Waals surface area contributed by atoms with Crippen LogP contribution in [0.4, 0.5) is 11.4 Å². The van der Waals surface area contributed by atoms with E-state index in [1.165, 1.54) is 19.2 Å². The Kier molecular flexibility index (Phi) is 3.87. The fraction of sp³-hybridized carbons (Fsp3) is 0.100. The van der Waals surface area contributed by atoms with Crippen molar-refractivity contribution in [3.05, 3.63) is 28.4 Å². The van der Waals surface area contributed by atoms with E-state index in [2.05, 4.69) is 31.0 Å². The highest BCUT2D eigenvalue weighted by atomic mass is 79.9. The number of nitrogen functional groups attached to an aromatic ring is 1. The first-order chi connectivity index (χ1) is 9.72. The largest absolute Gasteiger partial charge is 0.478 e. The molecule has 4 N–H and O–H groups in total. The lowest BCUT2D eigenvalue weighted by Gasteiger charge is -2.11. The third-order valence-electron chi connectivity index (χ3n) is 2.51. The first-order valence-electron chi connectivity index (χ1n) is 5.43. The lowest BCUT2D eigenvalue weighted by atomic mass is 10.1. The van der Waals surface area contributed by atoms with Gasteiger partial charge in [-0.2, -0.15) is 8.42 Å². The average molecular weight is 376 g/mol. The number of carboxylic acid groups (broad SMARTS) is 1. The van der Waals surface area contributed by atoms with Gasteiger partial charge in [0.1, 0.15) is 0 Å². The number of aromatic nitrogens is 3. The Labute approximate surface area is 127 Å². The Morgan fingerprint density at radius 1 is 1.48 bits per heavy atom. The van der Waals surface area contributed by atoms with Gasteiger partial charge >= 0.3 is 5.97 Å². The van der Waals surface area contributed by atoms with Crippen molar-refractivity contribution in [3.8, 4) is 0 Å². The molecule has 1 aromatic carbocycles. The molecule has 1 heterocycles. The predicted octanol–water partition coefficient (Wildman–Crippen LogP) is 0.659. The third-order valence-corrected chi connectivity index (χ3v) is 4.76. The summed E-state index contributed by atoms with van der Waals surface area (Å²) in [6, 6.07) is 3.82. The summed E-state index contributed by atoms with van der Waals surface area (Å²) in [5.74, 6) is -1.30. The number of rotatable bonds is 4. The summed E-state index contributed by atoms with van der Waals surface area (Å²) in [5, 5.41) is 16.0. The molecule has 0 saturated heterocycles. The van der Waals surface area contributed by atoms with Crippen LogP contribution < -0.4 is 10.5 Å². The first kappa shape index (κ1) is 15.3. The number of sulfonamides is 1. The number of aryl methyl sites for hydroxylation is 1. The Morgan fingerprint density at radius 2 is 2.14 bits per heavy atom. The van der Waals surface area contributed by atoms with Gasteiger partial charge in [-0.1, -0.05) is 5.21 Å². The molecule has 0 unspecified atom stereocenters. The molecule has 21 heavy (non-hydrogen) atoms. The highest BCUT2D eigenvalue weighted by Gasteiger charge is 2.25. The topological polar surface area (TPSA) is 140 Å². The molecule has 0 atom stereocenters. The van der Waals surface area contributed by atoms with Crippen LogP contribution in [-0.2, 0) is 17.1 Å². The molecule has 0 spiro atoms. The van der Waals surface area contributed by atoms with Crippen LogP contribution in [0, 0.1) is 0 Å². The zero-order valence-corrected chi connectivity index (χ0v) is 13.0. The number of nitrogens with two attached hydrogens (primary N) is 1. The average Bonchev–Trinajstić information content (AvgIpc) is 2.71. The normalized spacial score (nSPS) is 11.3. The number of carbonyl (C=O) groups is 1. The molecule has 2 aromatic rings. The van der Waals surface area contributed by atoms with E-state index in [1.807, 2.05) is 0 Å². The first-order valence-corrected chi connectivity index (χ1v) is 7.71. The number of benzene rings is 1. The van der Waals surface area contributed by atoms with E-state index in [1.54, 1.807) is 0 Å². The summed E-state index contributed by atoms with van der Waals surface area (Å²) in [5.41, 5.74) is 5.34. The van der Waals surface area contributed by atoms with Gasteiger partial charge in [-0.05, 0) is 34.1 Å². The van der Waals surface area contributed by atoms with Gasteiger partial charge in [0.15, 0.2) is 4.60 Å². The summed E-state index contributed by atoms with van der Waals surface area (Å²) in [7, 11) is -2.67. The van der Waals surface area contributed by atoms with Gasteiger partial charge in [0.25, 0.3) is 10.0 Å². The van der Waals surface area contributed by atoms with Crippen LogP contribution in [0.15, 0.2) is 27.8 Å². The minimum absolute atomic E-state index is 0.0184. The van der Waals surface area contributed by atoms with E-state index < -0.39 is 16.0 Å². The summed E-state index contributed by atoms with van der Waals surface area (Å²) >= 11 is 2.98. The Morgan fingerprint density at radius 3 is 2.67 bits per heavy atom. The Balaban J connectivity index is 2.50. The molecule has 0 amide bonds. The van der Waals surface area contributed by atoms with Gasteiger partial charge in [-0.15, -0.1) is 5.10 Å². The fourth-order valence-electron chi connectivity index (χ4n) is 1.63. The van der Waals surface area contributed by atoms with Crippen molar-refractivity contribution >= 4 is 43.3 Å². The Bertz CT molecular complexity index is 797. The number of hydrogen-bond donors (Lipinski definition) is 3. The minimum atomic E-state index is -4.06. The zero-order chi connectivity index (χ0) is 15.8. The van der Waals surface area contributed by atoms with Gasteiger partial charge in [-0.25, -0.2) is 9.48 Å². The van der Waals surface area contributed by atoms with Crippen LogP contribution >= 0.6 is 15.9 Å². The zero-order valence-electron chi connectivity index (χ0n) is 10.6. The van der Waals surface area contributed by atoms with Crippen LogP contribution in [0.2, 0.25) is 0 Å². The highest BCUT2D eigenvalue weighted by molar-refractivity contribution is 9.10. The summed E-state index contributed by atoms with van der Waals surface area (Å²) in [6.07, 6.45) is 0. The fourth-order valence-corrected chi connectivity index (χ4v) is 3.81. The molecule has 11 heteroatoms. The monoisotopic (exact) mass is 375 g/mol. The van der Waals surface area contributed by atoms with Gasteiger partial charge < -0.3 is 10.8 Å². The van der Waals surface area contributed by atoms with E-state index in [4.69, 9.17) is 10.8 Å². The number of aromatic carboxylic acids is 1. The van der Waals surface area contributed by atoms with Crippen molar-refractivity contribution in [1.82, 2.24) is 15.0 Å². The van der Waals surface area contributed by atoms with Gasteiger partial charge in [-0.3, -0.25) is 4.72 Å². The molecular formula is C10H10BrN5O4S. The highest BCUT2D eigenvalue weighted by Crippen LogP contribution is 2.25. The second-order valence-electron chi connectivity index (χ2n) is 4.02. The lowest BCUT2D eigenvalue weighted by molar-refractivity contribution is 0.0698. The molecule has 0 aliphatic rings.